The predicted molar refractivity (Wildman–Crippen MR) is 83.5 cm³/mol. The van der Waals surface area contributed by atoms with E-state index in [0.717, 1.165) is 11.1 Å². The summed E-state index contributed by atoms with van der Waals surface area (Å²) in [6.45, 7) is 3.78. The van der Waals surface area contributed by atoms with Crippen LogP contribution in [0.4, 0.5) is 5.69 Å². The van der Waals surface area contributed by atoms with Crippen molar-refractivity contribution in [1.29, 1.82) is 0 Å². The molecule has 21 heavy (non-hydrogen) atoms. The van der Waals surface area contributed by atoms with Crippen molar-refractivity contribution in [3.63, 3.8) is 0 Å². The van der Waals surface area contributed by atoms with E-state index < -0.39 is 5.91 Å². The van der Waals surface area contributed by atoms with E-state index in [0.29, 0.717) is 16.5 Å². The van der Waals surface area contributed by atoms with E-state index in [1.807, 2.05) is 19.9 Å². The van der Waals surface area contributed by atoms with Gasteiger partial charge >= 0.3 is 0 Å². The summed E-state index contributed by atoms with van der Waals surface area (Å²) in [5.74, 6) is -0.320. The lowest BCUT2D eigenvalue weighted by molar-refractivity contribution is 0.102. The van der Waals surface area contributed by atoms with Gasteiger partial charge in [-0.25, -0.2) is 0 Å². The maximum atomic E-state index is 12.4. The minimum Gasteiger partial charge on any atom is -0.507 e. The number of rotatable bonds is 3. The molecular formula is C16H16ClNO3. The fraction of sp³-hybridized carbons (Fsp3) is 0.188. The lowest BCUT2D eigenvalue weighted by atomic mass is 10.1. The van der Waals surface area contributed by atoms with Crippen molar-refractivity contribution in [2.45, 2.75) is 13.8 Å². The molecule has 0 radical (unpaired) electrons. The van der Waals surface area contributed by atoms with Crippen LogP contribution in [0.5, 0.6) is 11.5 Å². The second-order valence-electron chi connectivity index (χ2n) is 4.75. The van der Waals surface area contributed by atoms with Crippen LogP contribution < -0.4 is 10.1 Å². The number of phenolic OH excluding ortho intramolecular Hbond substituents is 1. The van der Waals surface area contributed by atoms with Crippen LogP contribution in [0, 0.1) is 13.8 Å². The molecule has 0 unspecified atom stereocenters. The Balaban J connectivity index is 2.40. The molecule has 0 atom stereocenters. The molecule has 0 saturated heterocycles. The van der Waals surface area contributed by atoms with Gasteiger partial charge in [0, 0.05) is 0 Å². The Labute approximate surface area is 128 Å². The Hall–Kier alpha value is -2.20. The summed E-state index contributed by atoms with van der Waals surface area (Å²) < 4.78 is 5.11. The van der Waals surface area contributed by atoms with E-state index >= 15 is 0 Å². The number of hydrogen-bond donors (Lipinski definition) is 2. The number of methoxy groups -OCH3 is 1. The van der Waals surface area contributed by atoms with Crippen LogP contribution in [-0.4, -0.2) is 18.1 Å². The molecule has 2 aromatic rings. The SMILES string of the molecule is COc1cccc(O)c1C(=O)Nc1c(C)cc(C)cc1Cl. The molecule has 0 fully saturated rings. The number of ether oxygens (including phenoxy) is 1. The molecule has 0 spiro atoms. The monoisotopic (exact) mass is 305 g/mol. The number of amides is 1. The summed E-state index contributed by atoms with van der Waals surface area (Å²) in [5.41, 5.74) is 2.46. The van der Waals surface area contributed by atoms with Gasteiger partial charge in [-0.2, -0.15) is 0 Å². The Kier molecular flexibility index (Phi) is 4.38. The number of phenols is 1. The Morgan fingerprint density at radius 3 is 2.62 bits per heavy atom. The number of benzene rings is 2. The number of nitrogens with one attached hydrogen (secondary N) is 1. The van der Waals surface area contributed by atoms with E-state index in [9.17, 15) is 9.90 Å². The molecular weight excluding hydrogens is 290 g/mol. The normalized spacial score (nSPS) is 10.3. The van der Waals surface area contributed by atoms with Gasteiger partial charge in [0.05, 0.1) is 17.8 Å². The zero-order valence-electron chi connectivity index (χ0n) is 12.0. The third-order valence-corrected chi connectivity index (χ3v) is 3.42. The lowest BCUT2D eigenvalue weighted by Crippen LogP contribution is -2.14. The van der Waals surface area contributed by atoms with Crippen molar-refractivity contribution in [3.8, 4) is 11.5 Å². The fourth-order valence-corrected chi connectivity index (χ4v) is 2.54. The van der Waals surface area contributed by atoms with Crippen molar-refractivity contribution < 1.29 is 14.6 Å². The molecule has 2 aromatic carbocycles. The van der Waals surface area contributed by atoms with E-state index in [1.165, 1.54) is 13.2 Å². The van der Waals surface area contributed by atoms with E-state index in [-0.39, 0.29) is 11.3 Å². The smallest absolute Gasteiger partial charge is 0.263 e. The number of hydrogen-bond acceptors (Lipinski definition) is 3. The first-order chi connectivity index (χ1) is 9.93. The summed E-state index contributed by atoms with van der Waals surface area (Å²) in [6, 6.07) is 8.34. The third kappa shape index (κ3) is 3.11. The Morgan fingerprint density at radius 2 is 2.00 bits per heavy atom. The highest BCUT2D eigenvalue weighted by Gasteiger charge is 2.19. The molecule has 2 rings (SSSR count). The fourth-order valence-electron chi connectivity index (χ4n) is 2.17. The number of carbonyl (C=O) groups excluding carboxylic acids is 1. The van der Waals surface area contributed by atoms with Gasteiger partial charge in [-0.15, -0.1) is 0 Å². The second-order valence-corrected chi connectivity index (χ2v) is 5.15. The Bertz CT molecular complexity index is 675. The predicted octanol–water partition coefficient (Wildman–Crippen LogP) is 3.92. The summed E-state index contributed by atoms with van der Waals surface area (Å²) in [4.78, 5) is 12.4. The van der Waals surface area contributed by atoms with E-state index in [1.54, 1.807) is 18.2 Å². The van der Waals surface area contributed by atoms with E-state index in [4.69, 9.17) is 16.3 Å². The topological polar surface area (TPSA) is 58.6 Å². The summed E-state index contributed by atoms with van der Waals surface area (Å²) in [6.07, 6.45) is 0. The van der Waals surface area contributed by atoms with Crippen LogP contribution in [0.1, 0.15) is 21.5 Å². The maximum Gasteiger partial charge on any atom is 0.263 e. The molecule has 0 aliphatic heterocycles. The van der Waals surface area contributed by atoms with Gasteiger partial charge in [-0.05, 0) is 43.2 Å². The van der Waals surface area contributed by atoms with Gasteiger partial charge in [0.2, 0.25) is 0 Å². The highest BCUT2D eigenvalue weighted by atomic mass is 35.5. The average Bonchev–Trinajstić information content (AvgIpc) is 2.42. The number of aryl methyl sites for hydroxylation is 2. The number of carbonyl (C=O) groups is 1. The number of aromatic hydroxyl groups is 1. The van der Waals surface area contributed by atoms with Crippen molar-refractivity contribution in [1.82, 2.24) is 0 Å². The van der Waals surface area contributed by atoms with Crippen LogP contribution in [0.25, 0.3) is 0 Å². The molecule has 1 amide bonds. The van der Waals surface area contributed by atoms with Gasteiger partial charge in [-0.3, -0.25) is 4.79 Å². The molecule has 2 N–H and O–H groups in total. The molecule has 0 aromatic heterocycles. The molecule has 0 aliphatic carbocycles. The first-order valence-corrected chi connectivity index (χ1v) is 6.76. The molecule has 0 bridgehead atoms. The Morgan fingerprint density at radius 1 is 1.29 bits per heavy atom. The standard InChI is InChI=1S/C16H16ClNO3/c1-9-7-10(2)15(11(17)8-9)18-16(20)14-12(19)5-4-6-13(14)21-3/h4-8,19H,1-3H3,(H,18,20). The highest BCUT2D eigenvalue weighted by Crippen LogP contribution is 2.31. The first-order valence-electron chi connectivity index (χ1n) is 6.38. The number of halogens is 1. The molecule has 0 heterocycles. The number of anilines is 1. The van der Waals surface area contributed by atoms with Crippen molar-refractivity contribution in [2.75, 3.05) is 12.4 Å². The van der Waals surface area contributed by atoms with Gasteiger partial charge < -0.3 is 15.2 Å². The minimum atomic E-state index is -0.473. The average molecular weight is 306 g/mol. The van der Waals surface area contributed by atoms with Gasteiger partial charge in [0.15, 0.2) is 0 Å². The molecule has 0 aliphatic rings. The summed E-state index contributed by atoms with van der Waals surface area (Å²) in [5, 5.41) is 13.1. The van der Waals surface area contributed by atoms with Crippen molar-refractivity contribution >= 4 is 23.2 Å². The molecule has 110 valence electrons. The van der Waals surface area contributed by atoms with Gasteiger partial charge in [0.1, 0.15) is 17.1 Å². The second kappa shape index (κ2) is 6.06. The molecule has 4 nitrogen and oxygen atoms in total. The van der Waals surface area contributed by atoms with Crippen molar-refractivity contribution in [2.24, 2.45) is 0 Å². The zero-order valence-corrected chi connectivity index (χ0v) is 12.8. The maximum absolute atomic E-state index is 12.4. The quantitative estimate of drug-likeness (QED) is 0.903. The van der Waals surface area contributed by atoms with E-state index in [2.05, 4.69) is 5.32 Å². The third-order valence-electron chi connectivity index (χ3n) is 3.12. The minimum absolute atomic E-state index is 0.0797. The van der Waals surface area contributed by atoms with Gasteiger partial charge in [-0.1, -0.05) is 23.7 Å². The van der Waals surface area contributed by atoms with Crippen LogP contribution >= 0.6 is 11.6 Å². The highest BCUT2D eigenvalue weighted by molar-refractivity contribution is 6.34. The lowest BCUT2D eigenvalue weighted by Gasteiger charge is -2.14. The van der Waals surface area contributed by atoms with Gasteiger partial charge in [0.25, 0.3) is 5.91 Å². The van der Waals surface area contributed by atoms with Crippen molar-refractivity contribution in [3.05, 3.63) is 52.0 Å². The summed E-state index contributed by atoms with van der Waals surface area (Å²) >= 11 is 6.17. The largest absolute Gasteiger partial charge is 0.507 e. The molecule has 5 heteroatoms. The molecule has 0 saturated carbocycles. The van der Waals surface area contributed by atoms with Crippen LogP contribution in [-0.2, 0) is 0 Å². The van der Waals surface area contributed by atoms with Crippen LogP contribution in [0.2, 0.25) is 5.02 Å². The van der Waals surface area contributed by atoms with Crippen LogP contribution in [0.3, 0.4) is 0 Å². The first kappa shape index (κ1) is 15.2. The summed E-state index contributed by atoms with van der Waals surface area (Å²) in [7, 11) is 1.44. The zero-order chi connectivity index (χ0) is 15.6. The van der Waals surface area contributed by atoms with Crippen LogP contribution in [0.15, 0.2) is 30.3 Å².